The second-order valence-electron chi connectivity index (χ2n) is 12.8. The van der Waals surface area contributed by atoms with Gasteiger partial charge < -0.3 is 24.4 Å². The largest absolute Gasteiger partial charge is 0.488 e. The average Bonchev–Trinajstić information content (AvgIpc) is 3.62. The lowest BCUT2D eigenvalue weighted by molar-refractivity contribution is -0.148. The van der Waals surface area contributed by atoms with Gasteiger partial charge in [-0.3, -0.25) is 9.59 Å². The summed E-state index contributed by atoms with van der Waals surface area (Å²) >= 11 is 1.62. The zero-order valence-electron chi connectivity index (χ0n) is 24.8. The van der Waals surface area contributed by atoms with E-state index in [0.717, 1.165) is 84.0 Å². The molecule has 3 aromatic rings. The number of aryl methyl sites for hydroxylation is 2. The number of benzene rings is 2. The Hall–Kier alpha value is -3.43. The van der Waals surface area contributed by atoms with Crippen LogP contribution in [0.1, 0.15) is 59.2 Å². The zero-order chi connectivity index (χ0) is 29.7. The summed E-state index contributed by atoms with van der Waals surface area (Å²) in [5.74, 6) is 0.342. The Morgan fingerprint density at radius 1 is 1.00 bits per heavy atom. The highest BCUT2D eigenvalue weighted by Crippen LogP contribution is 2.43. The van der Waals surface area contributed by atoms with Crippen molar-refractivity contribution in [3.63, 3.8) is 0 Å². The molecule has 7 rings (SSSR count). The highest BCUT2D eigenvalue weighted by atomic mass is 32.1. The number of ether oxygens (including phenoxy) is 2. The number of piperidine rings is 1. The van der Waals surface area contributed by atoms with Crippen LogP contribution in [0, 0.1) is 31.6 Å². The van der Waals surface area contributed by atoms with Gasteiger partial charge in [0.25, 0.3) is 5.91 Å². The first-order chi connectivity index (χ1) is 20.8. The van der Waals surface area contributed by atoms with Crippen molar-refractivity contribution >= 4 is 28.3 Å². The first-order valence-corrected chi connectivity index (χ1v) is 16.4. The molecule has 3 saturated heterocycles. The molecule has 1 amide bonds. The van der Waals surface area contributed by atoms with Crippen LogP contribution in [0.3, 0.4) is 0 Å². The van der Waals surface area contributed by atoms with Crippen LogP contribution in [-0.2, 0) is 16.1 Å². The van der Waals surface area contributed by atoms with Crippen molar-refractivity contribution in [2.75, 3.05) is 31.1 Å². The number of nitrogens with zero attached hydrogens (tertiary/aromatic N) is 3. The topological polar surface area (TPSA) is 92.2 Å². The number of rotatable bonds is 7. The number of hydrogen-bond donors (Lipinski definition) is 1. The number of carbonyl (C=O) groups excluding carboxylic acids is 1. The van der Waals surface area contributed by atoms with E-state index in [9.17, 15) is 14.7 Å². The summed E-state index contributed by atoms with van der Waals surface area (Å²) in [6.45, 7) is 7.35. The smallest absolute Gasteiger partial charge is 0.307 e. The maximum atomic E-state index is 13.2. The molecule has 43 heavy (non-hydrogen) atoms. The van der Waals surface area contributed by atoms with Gasteiger partial charge in [-0.2, -0.15) is 0 Å². The van der Waals surface area contributed by atoms with Gasteiger partial charge >= 0.3 is 5.97 Å². The fourth-order valence-corrected chi connectivity index (χ4v) is 8.45. The molecule has 4 heterocycles. The van der Waals surface area contributed by atoms with E-state index in [1.807, 2.05) is 42.2 Å². The summed E-state index contributed by atoms with van der Waals surface area (Å²) in [4.78, 5) is 34.4. The van der Waals surface area contributed by atoms with Crippen molar-refractivity contribution in [3.8, 4) is 17.0 Å². The molecule has 1 aromatic heterocycles. The van der Waals surface area contributed by atoms with Crippen LogP contribution in [0.25, 0.3) is 11.3 Å². The number of hydrogen-bond acceptors (Lipinski definition) is 7. The molecule has 1 saturated carbocycles. The SMILES string of the molecule is Cc1ccc(OCc2ccc(C(=O)N3C[C@H]4CC[C@@H](C3)O4)cc2C)c(-c2csc(N3C[C@H]4CCC[C@@H](C3)C4C(=O)O)n2)c1. The minimum absolute atomic E-state index is 0.0757. The van der Waals surface area contributed by atoms with Crippen molar-refractivity contribution in [2.24, 2.45) is 17.8 Å². The molecular weight excluding hydrogens is 562 g/mol. The molecule has 5 atom stereocenters. The summed E-state index contributed by atoms with van der Waals surface area (Å²) in [6.07, 6.45) is 5.50. The van der Waals surface area contributed by atoms with Gasteiger partial charge in [0.15, 0.2) is 5.13 Å². The first kappa shape index (κ1) is 28.3. The highest BCUT2D eigenvalue weighted by molar-refractivity contribution is 7.14. The molecule has 8 nitrogen and oxygen atoms in total. The predicted octanol–water partition coefficient (Wildman–Crippen LogP) is 5.95. The molecular formula is C34H39N3O5S. The van der Waals surface area contributed by atoms with Crippen molar-refractivity contribution in [1.29, 1.82) is 0 Å². The van der Waals surface area contributed by atoms with E-state index >= 15 is 0 Å². The molecule has 1 unspecified atom stereocenters. The van der Waals surface area contributed by atoms with Gasteiger partial charge in [-0.15, -0.1) is 11.3 Å². The molecule has 1 N–H and O–H groups in total. The molecule has 4 bridgehead atoms. The van der Waals surface area contributed by atoms with Gasteiger partial charge in [-0.25, -0.2) is 4.98 Å². The molecule has 9 heteroatoms. The third kappa shape index (κ3) is 5.65. The number of fused-ring (bicyclic) bond motifs is 4. The quantitative estimate of drug-likeness (QED) is 0.358. The monoisotopic (exact) mass is 601 g/mol. The summed E-state index contributed by atoms with van der Waals surface area (Å²) < 4.78 is 12.3. The number of carboxylic acids is 1. The van der Waals surface area contributed by atoms with Crippen LogP contribution in [-0.4, -0.2) is 65.3 Å². The molecule has 3 aliphatic heterocycles. The number of amides is 1. The number of carbonyl (C=O) groups is 2. The summed E-state index contributed by atoms with van der Waals surface area (Å²) in [7, 11) is 0. The van der Waals surface area contributed by atoms with Crippen LogP contribution in [0.5, 0.6) is 5.75 Å². The Bertz CT molecular complexity index is 1510. The lowest BCUT2D eigenvalue weighted by Crippen LogP contribution is -2.51. The number of carboxylic acid groups (broad SMARTS) is 1. The van der Waals surface area contributed by atoms with Crippen LogP contribution >= 0.6 is 11.3 Å². The number of morpholine rings is 1. The molecule has 2 aromatic carbocycles. The third-order valence-corrected chi connectivity index (χ3v) is 10.7. The van der Waals surface area contributed by atoms with Crippen molar-refractivity contribution in [2.45, 2.75) is 64.8 Å². The molecule has 0 spiro atoms. The number of anilines is 1. The van der Waals surface area contributed by atoms with Crippen LogP contribution in [0.15, 0.2) is 41.8 Å². The van der Waals surface area contributed by atoms with Crippen molar-refractivity contribution in [1.82, 2.24) is 9.88 Å². The van der Waals surface area contributed by atoms with E-state index < -0.39 is 5.97 Å². The van der Waals surface area contributed by atoms with Gasteiger partial charge in [0.05, 0.1) is 23.8 Å². The lowest BCUT2D eigenvalue weighted by atomic mass is 9.69. The zero-order valence-corrected chi connectivity index (χ0v) is 25.6. The predicted molar refractivity (Wildman–Crippen MR) is 166 cm³/mol. The van der Waals surface area contributed by atoms with Gasteiger partial charge in [0, 0.05) is 42.7 Å². The Labute approximate surface area is 256 Å². The first-order valence-electron chi connectivity index (χ1n) is 15.5. The fraction of sp³-hybridized carbons (Fsp3) is 0.500. The molecule has 0 radical (unpaired) electrons. The number of aliphatic carboxylic acids is 1. The maximum Gasteiger partial charge on any atom is 0.307 e. The van der Waals surface area contributed by atoms with Crippen LogP contribution in [0.4, 0.5) is 5.13 Å². The second kappa shape index (κ2) is 11.6. The molecule has 4 fully saturated rings. The molecule has 4 aliphatic rings. The Kier molecular flexibility index (Phi) is 7.63. The summed E-state index contributed by atoms with van der Waals surface area (Å²) in [6, 6.07) is 12.1. The van der Waals surface area contributed by atoms with Gasteiger partial charge in [-0.1, -0.05) is 24.1 Å². The Morgan fingerprint density at radius 3 is 2.44 bits per heavy atom. The Balaban J connectivity index is 1.05. The highest BCUT2D eigenvalue weighted by Gasteiger charge is 2.44. The normalized spacial score (nSPS) is 26.4. The summed E-state index contributed by atoms with van der Waals surface area (Å²) in [5, 5.41) is 12.8. The van der Waals surface area contributed by atoms with E-state index in [4.69, 9.17) is 14.5 Å². The van der Waals surface area contributed by atoms with E-state index in [0.29, 0.717) is 25.3 Å². The van der Waals surface area contributed by atoms with E-state index in [-0.39, 0.29) is 35.9 Å². The van der Waals surface area contributed by atoms with Gasteiger partial charge in [0.1, 0.15) is 12.4 Å². The number of likely N-dealkylation sites (tertiary alicyclic amines) is 1. The number of aromatic nitrogens is 1. The van der Waals surface area contributed by atoms with Crippen molar-refractivity contribution < 1.29 is 24.2 Å². The fourth-order valence-electron chi connectivity index (χ4n) is 7.61. The maximum absolute atomic E-state index is 13.2. The van der Waals surface area contributed by atoms with Crippen LogP contribution in [0.2, 0.25) is 0 Å². The Morgan fingerprint density at radius 2 is 1.74 bits per heavy atom. The lowest BCUT2D eigenvalue weighted by Gasteiger charge is -2.45. The minimum atomic E-state index is -0.643. The average molecular weight is 602 g/mol. The van der Waals surface area contributed by atoms with E-state index in [1.54, 1.807) is 11.3 Å². The minimum Gasteiger partial charge on any atom is -0.488 e. The molecule has 226 valence electrons. The second-order valence-corrected chi connectivity index (χ2v) is 13.7. The van der Waals surface area contributed by atoms with E-state index in [1.165, 1.54) is 0 Å². The third-order valence-electron chi connectivity index (χ3n) is 9.84. The van der Waals surface area contributed by atoms with Gasteiger partial charge in [0.2, 0.25) is 0 Å². The van der Waals surface area contributed by atoms with Crippen LogP contribution < -0.4 is 9.64 Å². The molecule has 1 aliphatic carbocycles. The van der Waals surface area contributed by atoms with Crippen molar-refractivity contribution in [3.05, 3.63) is 64.0 Å². The number of thiazole rings is 1. The standard InChI is InChI=1S/C34H39N3O5S/c1-20-6-11-30(41-18-25-8-7-22(13-21(25)2)32(38)36-16-26-9-10-27(17-36)42-26)28(12-20)29-19-43-34(35-29)37-14-23-4-3-5-24(15-37)31(23)33(39)40/h6-8,11-13,19,23-24,26-27,31H,3-5,9-10,14-18H2,1-2H3,(H,39,40)/t23-,24+,26-,27+,31?. The van der Waals surface area contributed by atoms with E-state index in [2.05, 4.69) is 23.3 Å². The summed E-state index contributed by atoms with van der Waals surface area (Å²) in [5.41, 5.74) is 5.74. The van der Waals surface area contributed by atoms with Gasteiger partial charge in [-0.05, 0) is 86.8 Å².